The standard InChI is InChI=1S/C6H5.C6H7.Po/c1-2-4-6-5-3-1;1-3-5-6-4-2;/h1-5H;1,3-6H,2H2;/b;3-1?,6-5-;. The van der Waals surface area contributed by atoms with E-state index in [2.05, 4.69) is 46.7 Å². The molecule has 66 valence electrons. The van der Waals surface area contributed by atoms with Crippen LogP contribution in [0.5, 0.6) is 0 Å². The van der Waals surface area contributed by atoms with Crippen LogP contribution in [0.15, 0.2) is 64.9 Å². The average Bonchev–Trinajstić information content (AvgIpc) is 2.19. The Balaban J connectivity index is 2.39. The monoisotopic (exact) mass is 365 g/mol. The van der Waals surface area contributed by atoms with Crippen molar-refractivity contribution in [2.45, 2.75) is 0 Å². The fourth-order valence-corrected chi connectivity index (χ4v) is 3.30. The summed E-state index contributed by atoms with van der Waals surface area (Å²) < 4.78 is 3.81. The van der Waals surface area contributed by atoms with E-state index in [0.717, 1.165) is 0 Å². The quantitative estimate of drug-likeness (QED) is 0.719. The summed E-state index contributed by atoms with van der Waals surface area (Å²) in [5, 5.41) is 0. The van der Waals surface area contributed by atoms with Gasteiger partial charge in [-0.1, -0.05) is 0 Å². The van der Waals surface area contributed by atoms with E-state index in [4.69, 9.17) is 0 Å². The second kappa shape index (κ2) is 6.81. The van der Waals surface area contributed by atoms with Crippen LogP contribution >= 0.6 is 0 Å². The third kappa shape index (κ3) is 4.81. The van der Waals surface area contributed by atoms with Crippen LogP contribution in [0.1, 0.15) is 0 Å². The summed E-state index contributed by atoms with van der Waals surface area (Å²) in [5.74, 6) is 0. The average molecular weight is 365 g/mol. The Morgan fingerprint density at radius 1 is 1.00 bits per heavy atom. The summed E-state index contributed by atoms with van der Waals surface area (Å²) in [6.07, 6.45) is 7.87. The van der Waals surface area contributed by atoms with Crippen LogP contribution in [-0.2, 0) is 0 Å². The summed E-state index contributed by atoms with van der Waals surface area (Å²) in [5.41, 5.74) is 0. The molecule has 0 saturated carbocycles. The van der Waals surface area contributed by atoms with Crippen LogP contribution in [0.4, 0.5) is 0 Å². The minimum atomic E-state index is -0.444. The molecule has 0 radical (unpaired) electrons. The van der Waals surface area contributed by atoms with E-state index >= 15 is 0 Å². The number of allylic oxidation sites excluding steroid dienone is 4. The van der Waals surface area contributed by atoms with Crippen LogP contribution in [0.2, 0.25) is 0 Å². The Bertz CT molecular complexity index is 296. The van der Waals surface area contributed by atoms with Crippen molar-refractivity contribution in [3.63, 3.8) is 0 Å². The van der Waals surface area contributed by atoms with Gasteiger partial charge in [0.2, 0.25) is 0 Å². The maximum absolute atomic E-state index is 3.61. The Morgan fingerprint density at radius 3 is 2.46 bits per heavy atom. The molecule has 0 fully saturated rings. The van der Waals surface area contributed by atoms with Crippen molar-refractivity contribution in [2.24, 2.45) is 0 Å². The van der Waals surface area contributed by atoms with E-state index in [1.165, 1.54) is 3.22 Å². The first-order valence-corrected chi connectivity index (χ1v) is 7.51. The van der Waals surface area contributed by atoms with Crippen molar-refractivity contribution in [3.05, 3.63) is 64.9 Å². The van der Waals surface area contributed by atoms with Gasteiger partial charge in [-0.25, -0.2) is 0 Å². The van der Waals surface area contributed by atoms with E-state index in [-0.39, 0.29) is 0 Å². The van der Waals surface area contributed by atoms with Crippen molar-refractivity contribution in [2.75, 3.05) is 0 Å². The number of rotatable bonds is 4. The molecule has 0 atom stereocenters. The van der Waals surface area contributed by atoms with Gasteiger partial charge < -0.3 is 0 Å². The minimum absolute atomic E-state index is 0.444. The van der Waals surface area contributed by atoms with Crippen molar-refractivity contribution in [3.8, 4) is 0 Å². The zero-order valence-corrected chi connectivity index (χ0v) is 10.6. The first kappa shape index (κ1) is 10.4. The molecule has 0 unspecified atom stereocenters. The molecule has 1 rings (SSSR count). The van der Waals surface area contributed by atoms with E-state index in [0.29, 0.717) is 0 Å². The molecule has 0 N–H and O–H groups in total. The predicted octanol–water partition coefficient (Wildman–Crippen LogP) is 2.27. The summed E-state index contributed by atoms with van der Waals surface area (Å²) in [4.78, 5) is 0. The van der Waals surface area contributed by atoms with E-state index in [1.807, 2.05) is 12.2 Å². The zero-order chi connectivity index (χ0) is 9.36. The molecular formula is C12H12Po. The van der Waals surface area contributed by atoms with Crippen LogP contribution in [-0.4, -0.2) is 23.6 Å². The molecule has 0 saturated heterocycles. The molecule has 1 aromatic carbocycles. The summed E-state index contributed by atoms with van der Waals surface area (Å²) in [7, 11) is 0. The third-order valence-electron chi connectivity index (χ3n) is 1.38. The van der Waals surface area contributed by atoms with Crippen molar-refractivity contribution >= 4 is 26.8 Å². The summed E-state index contributed by atoms with van der Waals surface area (Å²) in [6.45, 7) is 3.61. The molecule has 0 bridgehead atoms. The molecular weight excluding hydrogens is 353 g/mol. The molecule has 0 aliphatic rings. The van der Waals surface area contributed by atoms with Crippen LogP contribution in [0.3, 0.4) is 0 Å². The molecule has 0 aliphatic heterocycles. The SMILES string of the molecule is C=C/C=C\C=[CH]/[Po][c]1ccccc1. The van der Waals surface area contributed by atoms with Gasteiger partial charge >= 0.3 is 91.7 Å². The van der Waals surface area contributed by atoms with Crippen molar-refractivity contribution < 1.29 is 0 Å². The fourth-order valence-electron chi connectivity index (χ4n) is 0.805. The predicted molar refractivity (Wildman–Crippen MR) is 60.3 cm³/mol. The van der Waals surface area contributed by atoms with E-state index in [1.54, 1.807) is 6.08 Å². The van der Waals surface area contributed by atoms with Gasteiger partial charge in [0, 0.05) is 0 Å². The van der Waals surface area contributed by atoms with E-state index < -0.39 is 23.6 Å². The van der Waals surface area contributed by atoms with Gasteiger partial charge in [-0.3, -0.25) is 0 Å². The second-order valence-electron chi connectivity index (χ2n) is 2.38. The topological polar surface area (TPSA) is 0 Å². The van der Waals surface area contributed by atoms with Gasteiger partial charge in [0.25, 0.3) is 0 Å². The first-order chi connectivity index (χ1) is 6.43. The van der Waals surface area contributed by atoms with Gasteiger partial charge in [0.15, 0.2) is 0 Å². The van der Waals surface area contributed by atoms with Crippen LogP contribution < -0.4 is 3.22 Å². The van der Waals surface area contributed by atoms with Gasteiger partial charge in [-0.2, -0.15) is 0 Å². The maximum atomic E-state index is 3.61. The number of benzene rings is 1. The van der Waals surface area contributed by atoms with Crippen LogP contribution in [0.25, 0.3) is 0 Å². The third-order valence-corrected chi connectivity index (χ3v) is 4.64. The summed E-state index contributed by atoms with van der Waals surface area (Å²) >= 11 is -0.444. The number of hydrogen-bond donors (Lipinski definition) is 0. The van der Waals surface area contributed by atoms with Crippen LogP contribution in [0, 0.1) is 0 Å². The van der Waals surface area contributed by atoms with Crippen molar-refractivity contribution in [1.82, 2.24) is 0 Å². The Labute approximate surface area is 91.5 Å². The molecule has 0 nitrogen and oxygen atoms in total. The Morgan fingerprint density at radius 2 is 1.77 bits per heavy atom. The molecule has 0 heterocycles. The van der Waals surface area contributed by atoms with Crippen molar-refractivity contribution in [1.29, 1.82) is 0 Å². The number of hydrogen-bond acceptors (Lipinski definition) is 0. The fraction of sp³-hybridized carbons (Fsp3) is 0. The molecule has 0 aromatic heterocycles. The molecule has 0 aliphatic carbocycles. The molecule has 1 heteroatoms. The molecule has 0 spiro atoms. The normalized spacial score (nSPS) is 11.1. The second-order valence-corrected chi connectivity index (χ2v) is 6.19. The van der Waals surface area contributed by atoms with Gasteiger partial charge in [-0.15, -0.1) is 0 Å². The molecule has 13 heavy (non-hydrogen) atoms. The van der Waals surface area contributed by atoms with E-state index in [9.17, 15) is 0 Å². The summed E-state index contributed by atoms with van der Waals surface area (Å²) in [6, 6.07) is 10.7. The molecule has 1 aromatic rings. The Kier molecular flexibility index (Phi) is 5.46. The molecule has 0 amide bonds. The van der Waals surface area contributed by atoms with Gasteiger partial charge in [0.05, 0.1) is 0 Å². The van der Waals surface area contributed by atoms with Gasteiger partial charge in [-0.05, 0) is 0 Å². The zero-order valence-electron chi connectivity index (χ0n) is 7.39. The Hall–Kier alpha value is -0.664. The first-order valence-electron chi connectivity index (χ1n) is 4.09. The van der Waals surface area contributed by atoms with Gasteiger partial charge in [0.1, 0.15) is 0 Å².